The van der Waals surface area contributed by atoms with Crippen LogP contribution in [0.4, 0.5) is 4.79 Å². The molecule has 0 aromatic rings. The fourth-order valence-electron chi connectivity index (χ4n) is 1.49. The highest BCUT2D eigenvalue weighted by molar-refractivity contribution is 5.80. The van der Waals surface area contributed by atoms with E-state index in [9.17, 15) is 9.59 Å². The first kappa shape index (κ1) is 12.8. The monoisotopic (exact) mass is 228 g/mol. The summed E-state index contributed by atoms with van der Waals surface area (Å²) >= 11 is 0. The summed E-state index contributed by atoms with van der Waals surface area (Å²) in [5, 5.41) is 11.6. The molecule has 2 amide bonds. The van der Waals surface area contributed by atoms with E-state index in [2.05, 4.69) is 12.2 Å². The predicted molar refractivity (Wildman–Crippen MR) is 60.2 cm³/mol. The minimum Gasteiger partial charge on any atom is -0.481 e. The van der Waals surface area contributed by atoms with Crippen LogP contribution in [-0.2, 0) is 4.79 Å². The minimum absolute atomic E-state index is 0.180. The third-order valence-electron chi connectivity index (χ3n) is 3.08. The molecule has 1 rings (SSSR count). The summed E-state index contributed by atoms with van der Waals surface area (Å²) in [6.45, 7) is 3.02. The molecule has 1 aliphatic rings. The number of urea groups is 1. The Labute approximate surface area is 95.8 Å². The maximum atomic E-state index is 11.6. The lowest BCUT2D eigenvalue weighted by Gasteiger charge is -2.19. The van der Waals surface area contributed by atoms with Crippen LogP contribution in [0.25, 0.3) is 0 Å². The highest BCUT2D eigenvalue weighted by Gasteiger charge is 2.50. The first-order valence-electron chi connectivity index (χ1n) is 5.74. The average Bonchev–Trinajstić information content (AvgIpc) is 3.03. The van der Waals surface area contributed by atoms with Crippen LogP contribution in [0.3, 0.4) is 0 Å². The van der Waals surface area contributed by atoms with Crippen LogP contribution in [0.15, 0.2) is 0 Å². The lowest BCUT2D eigenvalue weighted by atomic mass is 10.1. The van der Waals surface area contributed by atoms with Crippen molar-refractivity contribution in [2.24, 2.45) is 5.41 Å². The lowest BCUT2D eigenvalue weighted by Crippen LogP contribution is -2.42. The van der Waals surface area contributed by atoms with Crippen molar-refractivity contribution < 1.29 is 14.7 Å². The van der Waals surface area contributed by atoms with Gasteiger partial charge in [0, 0.05) is 20.1 Å². The topological polar surface area (TPSA) is 69.6 Å². The molecule has 5 heteroatoms. The van der Waals surface area contributed by atoms with Crippen LogP contribution < -0.4 is 5.32 Å². The number of nitrogens with zero attached hydrogens (tertiary/aromatic N) is 1. The van der Waals surface area contributed by atoms with Gasteiger partial charge >= 0.3 is 12.0 Å². The molecule has 0 bridgehead atoms. The van der Waals surface area contributed by atoms with E-state index in [1.807, 2.05) is 0 Å². The normalized spacial score (nSPS) is 16.6. The predicted octanol–water partition coefficient (Wildman–Crippen LogP) is 1.29. The van der Waals surface area contributed by atoms with Gasteiger partial charge in [0.25, 0.3) is 0 Å². The van der Waals surface area contributed by atoms with Crippen molar-refractivity contribution in [2.75, 3.05) is 20.1 Å². The Balaban J connectivity index is 2.27. The first-order chi connectivity index (χ1) is 7.52. The Morgan fingerprint density at radius 1 is 1.44 bits per heavy atom. The quantitative estimate of drug-likeness (QED) is 0.719. The number of nitrogens with one attached hydrogen (secondary N) is 1. The van der Waals surface area contributed by atoms with Gasteiger partial charge in [0.05, 0.1) is 5.41 Å². The Kier molecular flexibility index (Phi) is 4.15. The average molecular weight is 228 g/mol. The number of carboxylic acid groups (broad SMARTS) is 1. The Hall–Kier alpha value is -1.26. The van der Waals surface area contributed by atoms with Crippen LogP contribution in [0.5, 0.6) is 0 Å². The summed E-state index contributed by atoms with van der Waals surface area (Å²) in [4.78, 5) is 24.0. The molecule has 1 saturated carbocycles. The molecule has 92 valence electrons. The van der Waals surface area contributed by atoms with Crippen LogP contribution in [0.1, 0.15) is 32.6 Å². The highest BCUT2D eigenvalue weighted by Crippen LogP contribution is 2.45. The number of carboxylic acids is 1. The van der Waals surface area contributed by atoms with E-state index in [-0.39, 0.29) is 12.6 Å². The fourth-order valence-corrected chi connectivity index (χ4v) is 1.49. The molecule has 16 heavy (non-hydrogen) atoms. The van der Waals surface area contributed by atoms with Crippen molar-refractivity contribution in [2.45, 2.75) is 32.6 Å². The maximum Gasteiger partial charge on any atom is 0.317 e. The molecule has 1 aliphatic carbocycles. The molecule has 0 spiro atoms. The second-order valence-corrected chi connectivity index (χ2v) is 4.52. The third kappa shape index (κ3) is 3.12. The third-order valence-corrected chi connectivity index (χ3v) is 3.08. The van der Waals surface area contributed by atoms with Gasteiger partial charge in [-0.1, -0.05) is 13.3 Å². The van der Waals surface area contributed by atoms with Crippen molar-refractivity contribution in [3.8, 4) is 0 Å². The molecule has 0 atom stereocenters. The molecule has 0 aromatic heterocycles. The zero-order chi connectivity index (χ0) is 12.2. The van der Waals surface area contributed by atoms with Crippen LogP contribution in [-0.4, -0.2) is 42.1 Å². The van der Waals surface area contributed by atoms with Gasteiger partial charge in [0.15, 0.2) is 0 Å². The van der Waals surface area contributed by atoms with Gasteiger partial charge in [0.1, 0.15) is 0 Å². The van der Waals surface area contributed by atoms with Gasteiger partial charge in [-0.05, 0) is 19.3 Å². The number of carbonyl (C=O) groups excluding carboxylic acids is 1. The second-order valence-electron chi connectivity index (χ2n) is 4.52. The van der Waals surface area contributed by atoms with E-state index < -0.39 is 11.4 Å². The van der Waals surface area contributed by atoms with E-state index in [1.165, 1.54) is 0 Å². The van der Waals surface area contributed by atoms with E-state index in [0.29, 0.717) is 19.4 Å². The van der Waals surface area contributed by atoms with Crippen LogP contribution in [0.2, 0.25) is 0 Å². The molecule has 0 aliphatic heterocycles. The second kappa shape index (κ2) is 5.18. The molecular weight excluding hydrogens is 208 g/mol. The van der Waals surface area contributed by atoms with E-state index >= 15 is 0 Å². The largest absolute Gasteiger partial charge is 0.481 e. The van der Waals surface area contributed by atoms with Crippen molar-refractivity contribution in [1.29, 1.82) is 0 Å². The molecule has 0 radical (unpaired) electrons. The number of hydrogen-bond acceptors (Lipinski definition) is 2. The molecule has 1 fully saturated rings. The minimum atomic E-state index is -0.802. The van der Waals surface area contributed by atoms with Crippen molar-refractivity contribution in [1.82, 2.24) is 10.2 Å². The first-order valence-corrected chi connectivity index (χ1v) is 5.74. The van der Waals surface area contributed by atoms with Gasteiger partial charge in [0.2, 0.25) is 0 Å². The van der Waals surface area contributed by atoms with Gasteiger partial charge in [-0.2, -0.15) is 0 Å². The van der Waals surface area contributed by atoms with Gasteiger partial charge in [-0.3, -0.25) is 4.79 Å². The number of hydrogen-bond donors (Lipinski definition) is 2. The zero-order valence-corrected chi connectivity index (χ0v) is 9.95. The Bertz CT molecular complexity index is 274. The van der Waals surface area contributed by atoms with E-state index in [4.69, 9.17) is 5.11 Å². The van der Waals surface area contributed by atoms with Gasteiger partial charge in [-0.15, -0.1) is 0 Å². The molecule has 0 heterocycles. The lowest BCUT2D eigenvalue weighted by molar-refractivity contribution is -0.143. The summed E-state index contributed by atoms with van der Waals surface area (Å²) in [6.07, 6.45) is 3.34. The number of rotatable bonds is 6. The van der Waals surface area contributed by atoms with E-state index in [0.717, 1.165) is 12.8 Å². The standard InChI is InChI=1S/C11H20N2O3/c1-3-4-7-13(2)10(16)12-8-11(5-6-11)9(14)15/h3-8H2,1-2H3,(H,12,16)(H,14,15). The molecule has 5 nitrogen and oxygen atoms in total. The Morgan fingerprint density at radius 3 is 2.50 bits per heavy atom. The maximum absolute atomic E-state index is 11.6. The van der Waals surface area contributed by atoms with Crippen LogP contribution >= 0.6 is 0 Å². The number of aliphatic carboxylic acids is 1. The summed E-state index contributed by atoms with van der Waals surface area (Å²) < 4.78 is 0. The zero-order valence-electron chi connectivity index (χ0n) is 9.95. The van der Waals surface area contributed by atoms with Crippen LogP contribution in [0, 0.1) is 5.41 Å². The Morgan fingerprint density at radius 2 is 2.06 bits per heavy atom. The molecule has 0 saturated heterocycles. The molecule has 2 N–H and O–H groups in total. The summed E-state index contributed by atoms with van der Waals surface area (Å²) in [5.41, 5.74) is -0.679. The molecular formula is C11H20N2O3. The summed E-state index contributed by atoms with van der Waals surface area (Å²) in [5.74, 6) is -0.802. The smallest absolute Gasteiger partial charge is 0.317 e. The molecule has 0 aromatic carbocycles. The van der Waals surface area contributed by atoms with Gasteiger partial charge in [-0.25, -0.2) is 4.79 Å². The van der Waals surface area contributed by atoms with E-state index in [1.54, 1.807) is 11.9 Å². The number of unbranched alkanes of at least 4 members (excludes halogenated alkanes) is 1. The number of amides is 2. The SMILES string of the molecule is CCCCN(C)C(=O)NCC1(C(=O)O)CC1. The fraction of sp³-hybridized carbons (Fsp3) is 0.818. The number of carbonyl (C=O) groups is 2. The van der Waals surface area contributed by atoms with Crippen molar-refractivity contribution >= 4 is 12.0 Å². The summed E-state index contributed by atoms with van der Waals surface area (Å²) in [6, 6.07) is -0.180. The van der Waals surface area contributed by atoms with Crippen molar-refractivity contribution in [3.63, 3.8) is 0 Å². The highest BCUT2D eigenvalue weighted by atomic mass is 16.4. The van der Waals surface area contributed by atoms with Gasteiger partial charge < -0.3 is 15.3 Å². The van der Waals surface area contributed by atoms with Crippen molar-refractivity contribution in [3.05, 3.63) is 0 Å². The molecule has 0 unspecified atom stereocenters. The summed E-state index contributed by atoms with van der Waals surface area (Å²) in [7, 11) is 1.73.